The van der Waals surface area contributed by atoms with Gasteiger partial charge in [0.2, 0.25) is 0 Å². The summed E-state index contributed by atoms with van der Waals surface area (Å²) in [6.45, 7) is -2.04. The summed E-state index contributed by atoms with van der Waals surface area (Å²) in [5, 5.41) is 0.351. The number of carbonyl (C=O) groups is 1. The summed E-state index contributed by atoms with van der Waals surface area (Å²) in [6, 6.07) is 1.38. The maximum Gasteiger partial charge on any atom is 0.411 e. The Morgan fingerprint density at radius 2 is 2.19 bits per heavy atom. The third kappa shape index (κ3) is 4.40. The van der Waals surface area contributed by atoms with E-state index in [0.717, 1.165) is 11.3 Å². The maximum absolute atomic E-state index is 11.7. The molecule has 0 amide bonds. The predicted molar refractivity (Wildman–Crippen MR) is 58.2 cm³/mol. The van der Waals surface area contributed by atoms with Crippen LogP contribution in [0.2, 0.25) is 5.02 Å². The van der Waals surface area contributed by atoms with E-state index in [0.29, 0.717) is 8.81 Å². The van der Waals surface area contributed by atoms with Gasteiger partial charge in [-0.1, -0.05) is 11.6 Å². The number of thiophene rings is 1. The number of hydrogen-bond acceptors (Lipinski definition) is 3. The molecule has 90 valence electrons. The molecule has 0 bridgehead atoms. The van der Waals surface area contributed by atoms with E-state index in [2.05, 4.69) is 20.7 Å². The van der Waals surface area contributed by atoms with Crippen molar-refractivity contribution in [3.05, 3.63) is 19.8 Å². The molecule has 2 nitrogen and oxygen atoms in total. The van der Waals surface area contributed by atoms with Crippen LogP contribution in [0.25, 0.3) is 0 Å². The molecule has 1 aromatic rings. The molecule has 0 aliphatic heterocycles. The molecule has 0 saturated heterocycles. The third-order valence-electron chi connectivity index (χ3n) is 1.42. The molecular formula is C8H5BrClF3O2S. The number of alkyl halides is 3. The number of Topliss-reactive ketones (excluding diaryl/α,β-unsaturated/α-hetero) is 1. The van der Waals surface area contributed by atoms with Crippen molar-refractivity contribution in [3.8, 4) is 0 Å². The minimum absolute atomic E-state index is 0.263. The molecule has 0 aliphatic carbocycles. The molecule has 0 aromatic carbocycles. The van der Waals surface area contributed by atoms with Crippen LogP contribution >= 0.6 is 38.9 Å². The summed E-state index contributed by atoms with van der Waals surface area (Å²) < 4.78 is 39.9. The van der Waals surface area contributed by atoms with Gasteiger partial charge < -0.3 is 4.74 Å². The second-order valence-corrected chi connectivity index (χ2v) is 5.54. The highest BCUT2D eigenvalue weighted by Gasteiger charge is 2.28. The smallest absolute Gasteiger partial charge is 0.364 e. The highest BCUT2D eigenvalue weighted by molar-refractivity contribution is 9.11. The fourth-order valence-corrected chi connectivity index (χ4v) is 2.44. The fraction of sp³-hybridized carbons (Fsp3) is 0.375. The number of ether oxygens (including phenoxy) is 1. The first-order chi connectivity index (χ1) is 7.29. The first-order valence-corrected chi connectivity index (χ1v) is 5.91. The molecule has 0 saturated carbocycles. The van der Waals surface area contributed by atoms with E-state index in [4.69, 9.17) is 11.6 Å². The average molecular weight is 338 g/mol. The van der Waals surface area contributed by atoms with Gasteiger partial charge in [0.25, 0.3) is 0 Å². The summed E-state index contributed by atoms with van der Waals surface area (Å²) in [7, 11) is 0. The lowest BCUT2D eigenvalue weighted by molar-refractivity contribution is -0.170. The van der Waals surface area contributed by atoms with Crippen molar-refractivity contribution >= 4 is 44.7 Å². The van der Waals surface area contributed by atoms with Crippen molar-refractivity contribution < 1.29 is 22.7 Å². The Balaban J connectivity index is 2.47. The van der Waals surface area contributed by atoms with Crippen LogP contribution in [0.3, 0.4) is 0 Å². The minimum atomic E-state index is -4.42. The zero-order chi connectivity index (χ0) is 12.3. The van der Waals surface area contributed by atoms with E-state index in [1.807, 2.05) is 0 Å². The number of ketones is 1. The van der Waals surface area contributed by atoms with E-state index in [1.165, 1.54) is 6.07 Å². The van der Waals surface area contributed by atoms with Gasteiger partial charge in [-0.05, 0) is 22.0 Å². The van der Waals surface area contributed by atoms with Crippen LogP contribution in [0.15, 0.2) is 9.85 Å². The van der Waals surface area contributed by atoms with Gasteiger partial charge in [0, 0.05) is 0 Å². The Labute approximate surface area is 106 Å². The molecule has 8 heteroatoms. The van der Waals surface area contributed by atoms with Crippen molar-refractivity contribution in [2.75, 3.05) is 13.2 Å². The molecule has 0 radical (unpaired) electrons. The molecule has 0 aliphatic rings. The standard InChI is InChI=1S/C8H5BrClF3O2S/c9-7-4(10)1-6(16-7)5(14)2-15-3-8(11,12)13/h1H,2-3H2. The van der Waals surface area contributed by atoms with Crippen LogP contribution in [0.4, 0.5) is 13.2 Å². The number of rotatable bonds is 4. The largest absolute Gasteiger partial charge is 0.411 e. The lowest BCUT2D eigenvalue weighted by atomic mass is 10.3. The molecule has 0 atom stereocenters. The molecule has 0 N–H and O–H groups in total. The van der Waals surface area contributed by atoms with Gasteiger partial charge in [-0.15, -0.1) is 11.3 Å². The van der Waals surface area contributed by atoms with Crippen molar-refractivity contribution in [1.29, 1.82) is 0 Å². The van der Waals surface area contributed by atoms with Gasteiger partial charge in [-0.25, -0.2) is 0 Å². The Bertz CT molecular complexity index is 372. The molecule has 16 heavy (non-hydrogen) atoms. The summed E-state index contributed by atoms with van der Waals surface area (Å²) in [6.07, 6.45) is -4.42. The summed E-state index contributed by atoms with van der Waals surface area (Å²) in [4.78, 5) is 11.6. The van der Waals surface area contributed by atoms with E-state index in [-0.39, 0.29) is 4.88 Å². The van der Waals surface area contributed by atoms with Gasteiger partial charge in [0.05, 0.1) is 13.7 Å². The average Bonchev–Trinajstić information content (AvgIpc) is 2.45. The normalized spacial score (nSPS) is 11.8. The van der Waals surface area contributed by atoms with Crippen LogP contribution < -0.4 is 0 Å². The zero-order valence-electron chi connectivity index (χ0n) is 7.61. The number of carbonyl (C=O) groups excluding carboxylic acids is 1. The molecule has 1 heterocycles. The predicted octanol–water partition coefficient (Wildman–Crippen LogP) is 3.93. The van der Waals surface area contributed by atoms with Gasteiger partial charge in [0.15, 0.2) is 5.78 Å². The first-order valence-electron chi connectivity index (χ1n) is 3.92. The first kappa shape index (κ1) is 14.0. The summed E-state index contributed by atoms with van der Waals surface area (Å²) >= 11 is 9.82. The van der Waals surface area contributed by atoms with Gasteiger partial charge in [-0.2, -0.15) is 13.2 Å². The lowest BCUT2D eigenvalue weighted by Crippen LogP contribution is -2.20. The molecule has 0 spiro atoms. The second kappa shape index (κ2) is 5.48. The SMILES string of the molecule is O=C(COCC(F)(F)F)c1cc(Cl)c(Br)s1. The Morgan fingerprint density at radius 1 is 1.56 bits per heavy atom. The van der Waals surface area contributed by atoms with Gasteiger partial charge >= 0.3 is 6.18 Å². The van der Waals surface area contributed by atoms with E-state index in [9.17, 15) is 18.0 Å². The van der Waals surface area contributed by atoms with Crippen molar-refractivity contribution in [1.82, 2.24) is 0 Å². The summed E-state index contributed by atoms with van der Waals surface area (Å²) in [5.41, 5.74) is 0. The van der Waals surface area contributed by atoms with Crippen LogP contribution in [0.1, 0.15) is 9.67 Å². The van der Waals surface area contributed by atoms with Crippen molar-refractivity contribution in [2.45, 2.75) is 6.18 Å². The van der Waals surface area contributed by atoms with Crippen LogP contribution in [-0.2, 0) is 4.74 Å². The van der Waals surface area contributed by atoms with Crippen LogP contribution in [-0.4, -0.2) is 25.2 Å². The highest BCUT2D eigenvalue weighted by Crippen LogP contribution is 2.32. The molecular weight excluding hydrogens is 333 g/mol. The van der Waals surface area contributed by atoms with Gasteiger partial charge in [0.1, 0.15) is 13.2 Å². The third-order valence-corrected chi connectivity index (χ3v) is 3.93. The summed E-state index contributed by atoms with van der Waals surface area (Å²) in [5.74, 6) is -0.526. The Morgan fingerprint density at radius 3 is 2.62 bits per heavy atom. The molecule has 0 fully saturated rings. The maximum atomic E-state index is 11.7. The monoisotopic (exact) mass is 336 g/mol. The minimum Gasteiger partial charge on any atom is -0.364 e. The van der Waals surface area contributed by atoms with E-state index >= 15 is 0 Å². The number of hydrogen-bond donors (Lipinski definition) is 0. The quantitative estimate of drug-likeness (QED) is 0.778. The zero-order valence-corrected chi connectivity index (χ0v) is 10.8. The van der Waals surface area contributed by atoms with E-state index < -0.39 is 25.2 Å². The van der Waals surface area contributed by atoms with Gasteiger partial charge in [-0.3, -0.25) is 4.79 Å². The molecule has 1 rings (SSSR count). The second-order valence-electron chi connectivity index (χ2n) is 2.76. The highest BCUT2D eigenvalue weighted by atomic mass is 79.9. The topological polar surface area (TPSA) is 26.3 Å². The van der Waals surface area contributed by atoms with Crippen LogP contribution in [0, 0.1) is 0 Å². The van der Waals surface area contributed by atoms with Crippen molar-refractivity contribution in [3.63, 3.8) is 0 Å². The van der Waals surface area contributed by atoms with Crippen molar-refractivity contribution in [2.24, 2.45) is 0 Å². The molecule has 1 aromatic heterocycles. The van der Waals surface area contributed by atoms with E-state index in [1.54, 1.807) is 0 Å². The molecule has 0 unspecified atom stereocenters. The Hall–Kier alpha value is -0.110. The lowest BCUT2D eigenvalue weighted by Gasteiger charge is -2.05. The fourth-order valence-electron chi connectivity index (χ4n) is 0.815. The Kier molecular flexibility index (Phi) is 4.78. The number of halogens is 5. The van der Waals surface area contributed by atoms with Crippen LogP contribution in [0.5, 0.6) is 0 Å².